The molecule has 0 aromatic carbocycles. The number of hydrogen-bond donors (Lipinski definition) is 0. The van der Waals surface area contributed by atoms with E-state index in [1.165, 1.54) is 0 Å². The molecule has 19 heavy (non-hydrogen) atoms. The molecule has 0 spiro atoms. The lowest BCUT2D eigenvalue weighted by molar-refractivity contribution is 0.185. The highest BCUT2D eigenvalue weighted by atomic mass is 32.2. The molecule has 0 aliphatic carbocycles. The third kappa shape index (κ3) is 3.54. The van der Waals surface area contributed by atoms with Gasteiger partial charge in [-0.25, -0.2) is 8.42 Å². The van der Waals surface area contributed by atoms with Gasteiger partial charge in [-0.05, 0) is 19.9 Å². The molecule has 2 rings (SSSR count). The lowest BCUT2D eigenvalue weighted by atomic mass is 10.2. The molecule has 2 heterocycles. The van der Waals surface area contributed by atoms with Gasteiger partial charge in [0.2, 0.25) is 5.89 Å². The number of hydrogen-bond acceptors (Lipinski definition) is 6. The fraction of sp³-hybridized carbons (Fsp3) is 0.833. The van der Waals surface area contributed by atoms with E-state index in [9.17, 15) is 8.42 Å². The van der Waals surface area contributed by atoms with Gasteiger partial charge in [-0.3, -0.25) is 4.90 Å². The van der Waals surface area contributed by atoms with Crippen molar-refractivity contribution in [2.45, 2.75) is 39.2 Å². The Balaban J connectivity index is 2.08. The Hall–Kier alpha value is -0.950. The van der Waals surface area contributed by atoms with Gasteiger partial charge in [0.25, 0.3) is 0 Å². The molecule has 0 N–H and O–H groups in total. The first-order valence-electron chi connectivity index (χ1n) is 6.67. The molecule has 0 saturated carbocycles. The Kier molecular flexibility index (Phi) is 4.25. The summed E-state index contributed by atoms with van der Waals surface area (Å²) in [4.78, 5) is 6.48. The summed E-state index contributed by atoms with van der Waals surface area (Å²) in [6.07, 6.45) is 0.665. The van der Waals surface area contributed by atoms with Crippen LogP contribution in [0.3, 0.4) is 0 Å². The zero-order valence-electron chi connectivity index (χ0n) is 11.7. The third-order valence-corrected chi connectivity index (χ3v) is 5.18. The van der Waals surface area contributed by atoms with Crippen LogP contribution >= 0.6 is 0 Å². The van der Waals surface area contributed by atoms with Gasteiger partial charge < -0.3 is 4.52 Å². The van der Waals surface area contributed by atoms with Crippen molar-refractivity contribution in [3.63, 3.8) is 0 Å². The summed E-state index contributed by atoms with van der Waals surface area (Å²) in [5.74, 6) is 1.99. The molecule has 0 radical (unpaired) electrons. The number of nitrogens with zero attached hydrogens (tertiary/aromatic N) is 3. The topological polar surface area (TPSA) is 76.3 Å². The first-order valence-corrected chi connectivity index (χ1v) is 8.49. The Bertz CT molecular complexity index is 524. The van der Waals surface area contributed by atoms with Crippen LogP contribution in [0.15, 0.2) is 4.52 Å². The first-order chi connectivity index (χ1) is 8.89. The van der Waals surface area contributed by atoms with Crippen LogP contribution < -0.4 is 0 Å². The molecule has 1 fully saturated rings. The molecule has 1 atom stereocenters. The van der Waals surface area contributed by atoms with Crippen LogP contribution in [0, 0.1) is 0 Å². The van der Waals surface area contributed by atoms with E-state index < -0.39 is 9.84 Å². The van der Waals surface area contributed by atoms with Crippen molar-refractivity contribution in [3.8, 4) is 0 Å². The summed E-state index contributed by atoms with van der Waals surface area (Å²) in [6, 6.07) is -0.0340. The van der Waals surface area contributed by atoms with Crippen LogP contribution in [0.2, 0.25) is 0 Å². The lowest BCUT2D eigenvalue weighted by Crippen LogP contribution is -2.30. The Morgan fingerprint density at radius 3 is 2.58 bits per heavy atom. The van der Waals surface area contributed by atoms with Gasteiger partial charge >= 0.3 is 0 Å². The van der Waals surface area contributed by atoms with E-state index in [4.69, 9.17) is 4.52 Å². The summed E-state index contributed by atoms with van der Waals surface area (Å²) in [7, 11) is -2.88. The zero-order chi connectivity index (χ0) is 14.0. The highest BCUT2D eigenvalue weighted by molar-refractivity contribution is 7.91. The van der Waals surface area contributed by atoms with Gasteiger partial charge in [0.1, 0.15) is 0 Å². The van der Waals surface area contributed by atoms with Crippen molar-refractivity contribution in [3.05, 3.63) is 11.7 Å². The molecule has 0 amide bonds. The molecule has 1 aliphatic rings. The molecule has 6 nitrogen and oxygen atoms in total. The van der Waals surface area contributed by atoms with Crippen molar-refractivity contribution < 1.29 is 12.9 Å². The average Bonchev–Trinajstić information content (AvgIpc) is 2.75. The zero-order valence-corrected chi connectivity index (χ0v) is 12.5. The second-order valence-corrected chi connectivity index (χ2v) is 7.67. The summed E-state index contributed by atoms with van der Waals surface area (Å²) in [6.45, 7) is 7.29. The fourth-order valence-corrected chi connectivity index (χ4v) is 3.44. The molecular weight excluding hydrogens is 266 g/mol. The van der Waals surface area contributed by atoms with Crippen LogP contribution in [0.1, 0.15) is 50.9 Å². The molecular formula is C12H21N3O3S. The van der Waals surface area contributed by atoms with Gasteiger partial charge in [0, 0.05) is 12.5 Å². The second kappa shape index (κ2) is 5.58. The first kappa shape index (κ1) is 14.5. The van der Waals surface area contributed by atoms with E-state index in [1.807, 2.05) is 20.8 Å². The van der Waals surface area contributed by atoms with Gasteiger partial charge in [-0.2, -0.15) is 4.98 Å². The third-order valence-electron chi connectivity index (χ3n) is 3.47. The summed E-state index contributed by atoms with van der Waals surface area (Å²) < 4.78 is 28.5. The van der Waals surface area contributed by atoms with Gasteiger partial charge in [0.15, 0.2) is 15.7 Å². The fourth-order valence-electron chi connectivity index (χ4n) is 2.15. The maximum atomic E-state index is 11.6. The van der Waals surface area contributed by atoms with Crippen LogP contribution in [0.25, 0.3) is 0 Å². The maximum Gasteiger partial charge on any atom is 0.243 e. The summed E-state index contributed by atoms with van der Waals surface area (Å²) in [5, 5.41) is 3.95. The van der Waals surface area contributed by atoms with Crippen molar-refractivity contribution >= 4 is 9.84 Å². The summed E-state index contributed by atoms with van der Waals surface area (Å²) in [5.41, 5.74) is 0. The standard InChI is InChI=1S/C12H21N3O3S/c1-9(2)11-13-12(18-14-11)10(3)15-5-4-7-19(16,17)8-6-15/h9-10H,4-8H2,1-3H3/t10-/m1/s1. The smallest absolute Gasteiger partial charge is 0.243 e. The van der Waals surface area contributed by atoms with E-state index in [0.717, 1.165) is 6.54 Å². The molecule has 1 saturated heterocycles. The van der Waals surface area contributed by atoms with Crippen molar-refractivity contribution in [2.75, 3.05) is 24.6 Å². The van der Waals surface area contributed by atoms with Crippen molar-refractivity contribution in [1.29, 1.82) is 0 Å². The SMILES string of the molecule is CC(C)c1noc([C@@H](C)N2CCCS(=O)(=O)CC2)n1. The Morgan fingerprint density at radius 1 is 1.21 bits per heavy atom. The quantitative estimate of drug-likeness (QED) is 0.836. The molecule has 1 aliphatic heterocycles. The van der Waals surface area contributed by atoms with Gasteiger partial charge in [-0.1, -0.05) is 19.0 Å². The highest BCUT2D eigenvalue weighted by Gasteiger charge is 2.26. The normalized spacial score (nSPS) is 22.3. The molecule has 0 unspecified atom stereocenters. The second-order valence-electron chi connectivity index (χ2n) is 5.36. The van der Waals surface area contributed by atoms with E-state index in [0.29, 0.717) is 24.7 Å². The van der Waals surface area contributed by atoms with E-state index >= 15 is 0 Å². The average molecular weight is 287 g/mol. The van der Waals surface area contributed by atoms with Crippen molar-refractivity contribution in [2.24, 2.45) is 0 Å². The van der Waals surface area contributed by atoms with Crippen LogP contribution in [-0.2, 0) is 9.84 Å². The number of aromatic nitrogens is 2. The van der Waals surface area contributed by atoms with E-state index in [2.05, 4.69) is 15.0 Å². The number of rotatable bonds is 3. The predicted octanol–water partition coefficient (Wildman–Crippen LogP) is 1.37. The minimum atomic E-state index is -2.88. The molecule has 7 heteroatoms. The molecule has 108 valence electrons. The van der Waals surface area contributed by atoms with E-state index in [1.54, 1.807) is 0 Å². The lowest BCUT2D eigenvalue weighted by Gasteiger charge is -2.23. The minimum absolute atomic E-state index is 0.0340. The van der Waals surface area contributed by atoms with Gasteiger partial charge in [-0.15, -0.1) is 0 Å². The van der Waals surface area contributed by atoms with Crippen LogP contribution in [0.5, 0.6) is 0 Å². The van der Waals surface area contributed by atoms with Crippen LogP contribution in [-0.4, -0.2) is 48.1 Å². The minimum Gasteiger partial charge on any atom is -0.338 e. The number of sulfone groups is 1. The largest absolute Gasteiger partial charge is 0.338 e. The molecule has 1 aromatic rings. The molecule has 0 bridgehead atoms. The monoisotopic (exact) mass is 287 g/mol. The Morgan fingerprint density at radius 2 is 1.95 bits per heavy atom. The predicted molar refractivity (Wildman–Crippen MR) is 71.6 cm³/mol. The molecule has 1 aromatic heterocycles. The maximum absolute atomic E-state index is 11.6. The van der Waals surface area contributed by atoms with Crippen molar-refractivity contribution in [1.82, 2.24) is 15.0 Å². The van der Waals surface area contributed by atoms with E-state index in [-0.39, 0.29) is 23.5 Å². The summed E-state index contributed by atoms with van der Waals surface area (Å²) >= 11 is 0. The Labute approximate surface area is 114 Å². The van der Waals surface area contributed by atoms with Crippen LogP contribution in [0.4, 0.5) is 0 Å². The van der Waals surface area contributed by atoms with Gasteiger partial charge in [0.05, 0.1) is 17.5 Å². The highest BCUT2D eigenvalue weighted by Crippen LogP contribution is 2.22.